The molecule has 0 radical (unpaired) electrons. The van der Waals surface area contributed by atoms with Crippen LogP contribution in [0.2, 0.25) is 0 Å². The number of rotatable bonds is 6. The van der Waals surface area contributed by atoms with Gasteiger partial charge in [-0.25, -0.2) is 15.0 Å². The summed E-state index contributed by atoms with van der Waals surface area (Å²) in [7, 11) is 0. The molecule has 1 aliphatic rings. The van der Waals surface area contributed by atoms with Crippen molar-refractivity contribution in [1.29, 1.82) is 5.26 Å². The minimum absolute atomic E-state index is 0.478. The molecule has 54 heavy (non-hydrogen) atoms. The van der Waals surface area contributed by atoms with Crippen molar-refractivity contribution in [2.45, 2.75) is 19.4 Å². The first kappa shape index (κ1) is 32.7. The Morgan fingerprint density at radius 3 is 1.52 bits per heavy atom. The number of nitrogens with zero attached hydrogens (tertiary/aromatic N) is 4. The quantitative estimate of drug-likeness (QED) is 0.173. The number of nitriles is 1. The summed E-state index contributed by atoms with van der Waals surface area (Å²) in [5.41, 5.74) is 12.9. The van der Waals surface area contributed by atoms with Crippen LogP contribution >= 0.6 is 0 Å². The number of hydrogen-bond donors (Lipinski definition) is 0. The molecule has 0 aliphatic carbocycles. The fraction of sp³-hybridized carbons (Fsp3) is 0.0612. The maximum absolute atomic E-state index is 9.33. The van der Waals surface area contributed by atoms with Gasteiger partial charge in [-0.15, -0.1) is 0 Å². The minimum Gasteiger partial charge on any atom is -0.482 e. The normalized spacial score (nSPS) is 12.5. The lowest BCUT2D eigenvalue weighted by Crippen LogP contribution is -2.29. The van der Waals surface area contributed by atoms with Gasteiger partial charge in [-0.1, -0.05) is 121 Å². The predicted molar refractivity (Wildman–Crippen MR) is 216 cm³/mol. The molecule has 0 amide bonds. The van der Waals surface area contributed by atoms with Gasteiger partial charge in [0.2, 0.25) is 0 Å². The molecule has 0 N–H and O–H groups in total. The first-order valence-corrected chi connectivity index (χ1v) is 18.0. The van der Waals surface area contributed by atoms with Crippen molar-refractivity contribution in [3.63, 3.8) is 0 Å². The summed E-state index contributed by atoms with van der Waals surface area (Å²) in [5.74, 6) is 2.59. The highest BCUT2D eigenvalue weighted by Crippen LogP contribution is 2.47. The molecule has 0 bridgehead atoms. The zero-order valence-electron chi connectivity index (χ0n) is 29.9. The van der Waals surface area contributed by atoms with Gasteiger partial charge in [-0.3, -0.25) is 0 Å². The van der Waals surface area contributed by atoms with E-state index in [0.29, 0.717) is 23.0 Å². The van der Waals surface area contributed by atoms with Crippen molar-refractivity contribution >= 4 is 0 Å². The summed E-state index contributed by atoms with van der Waals surface area (Å²) in [6.45, 7) is 4.28. The van der Waals surface area contributed by atoms with E-state index in [9.17, 15) is 5.26 Å². The summed E-state index contributed by atoms with van der Waals surface area (Å²) < 4.78 is 6.69. The zero-order valence-corrected chi connectivity index (χ0v) is 29.9. The summed E-state index contributed by atoms with van der Waals surface area (Å²) in [6.07, 6.45) is 0. The van der Waals surface area contributed by atoms with Crippen LogP contribution in [0.3, 0.4) is 0 Å². The van der Waals surface area contributed by atoms with E-state index >= 15 is 0 Å². The van der Waals surface area contributed by atoms with Crippen LogP contribution in [0.5, 0.6) is 5.75 Å². The highest BCUT2D eigenvalue weighted by Gasteiger charge is 2.33. The molecule has 1 aromatic heterocycles. The second kappa shape index (κ2) is 13.4. The summed E-state index contributed by atoms with van der Waals surface area (Å²) in [4.78, 5) is 14.7. The van der Waals surface area contributed by atoms with Crippen LogP contribution < -0.4 is 4.74 Å². The third-order valence-corrected chi connectivity index (χ3v) is 10.0. The van der Waals surface area contributed by atoms with Gasteiger partial charge >= 0.3 is 0 Å². The minimum atomic E-state index is -0.478. The summed E-state index contributed by atoms with van der Waals surface area (Å²) in [6, 6.07) is 60.1. The first-order chi connectivity index (χ1) is 26.4. The molecule has 9 rings (SSSR count). The molecule has 1 aliphatic heterocycles. The van der Waals surface area contributed by atoms with Crippen LogP contribution in [0.1, 0.15) is 25.0 Å². The first-order valence-electron chi connectivity index (χ1n) is 18.0. The molecule has 0 spiro atoms. The number of benzene rings is 7. The van der Waals surface area contributed by atoms with Gasteiger partial charge in [-0.05, 0) is 101 Å². The van der Waals surface area contributed by atoms with Crippen LogP contribution in [-0.2, 0) is 5.60 Å². The molecule has 256 valence electrons. The average molecular weight is 695 g/mol. The van der Waals surface area contributed by atoms with Gasteiger partial charge in [0.15, 0.2) is 17.5 Å². The summed E-state index contributed by atoms with van der Waals surface area (Å²) in [5, 5.41) is 9.33. The standard InChI is InChI=1S/C49H34N4O/c1-49(2)44-26-24-39(33-11-5-3-6-12-33)29-43(44)42-25-23-40(30-45(42)54-49)37-16-9-15-36(27-37)38-17-10-18-41(28-38)48-52-46(34-13-7-4-8-14-34)51-47(53-48)35-21-19-32(31-50)20-22-35/h3-30H,1-2H3. The SMILES string of the molecule is CC1(C)Oc2cc(-c3cccc(-c4cccc(-c5nc(-c6ccccc6)nc(-c6ccc(C#N)cc6)n5)c4)c3)ccc2-c2cc(-c3ccccc3)ccc21. The Bertz CT molecular complexity index is 2710. The van der Waals surface area contributed by atoms with Crippen molar-refractivity contribution in [3.05, 3.63) is 181 Å². The summed E-state index contributed by atoms with van der Waals surface area (Å²) >= 11 is 0. The molecule has 0 saturated heterocycles. The van der Waals surface area contributed by atoms with Gasteiger partial charge < -0.3 is 4.74 Å². The van der Waals surface area contributed by atoms with Crippen LogP contribution in [0, 0.1) is 11.3 Å². The Kier molecular flexibility index (Phi) is 8.14. The third kappa shape index (κ3) is 6.21. The van der Waals surface area contributed by atoms with Crippen molar-refractivity contribution in [2.24, 2.45) is 0 Å². The predicted octanol–water partition coefficient (Wildman–Crippen LogP) is 12.0. The van der Waals surface area contributed by atoms with Crippen LogP contribution in [0.25, 0.3) is 78.7 Å². The molecule has 7 aromatic carbocycles. The largest absolute Gasteiger partial charge is 0.482 e. The molecule has 5 nitrogen and oxygen atoms in total. The van der Waals surface area contributed by atoms with Crippen LogP contribution in [-0.4, -0.2) is 15.0 Å². The molecular weight excluding hydrogens is 661 g/mol. The van der Waals surface area contributed by atoms with Gasteiger partial charge in [0, 0.05) is 27.8 Å². The Morgan fingerprint density at radius 1 is 0.426 bits per heavy atom. The molecule has 5 heteroatoms. The van der Waals surface area contributed by atoms with E-state index in [4.69, 9.17) is 19.7 Å². The van der Waals surface area contributed by atoms with Crippen molar-refractivity contribution in [1.82, 2.24) is 15.0 Å². The number of ether oxygens (including phenoxy) is 1. The highest BCUT2D eigenvalue weighted by molar-refractivity contribution is 5.84. The third-order valence-electron chi connectivity index (χ3n) is 10.0. The fourth-order valence-electron chi connectivity index (χ4n) is 7.20. The molecule has 0 unspecified atom stereocenters. The van der Waals surface area contributed by atoms with Gasteiger partial charge in [0.25, 0.3) is 0 Å². The highest BCUT2D eigenvalue weighted by atomic mass is 16.5. The number of aromatic nitrogens is 3. The Labute approximate surface area is 314 Å². The van der Waals surface area contributed by atoms with E-state index in [1.807, 2.05) is 60.7 Å². The van der Waals surface area contributed by atoms with Crippen LogP contribution in [0.4, 0.5) is 0 Å². The monoisotopic (exact) mass is 694 g/mol. The Balaban J connectivity index is 1.07. The molecule has 0 atom stereocenters. The van der Waals surface area contributed by atoms with E-state index in [1.54, 1.807) is 12.1 Å². The second-order valence-corrected chi connectivity index (χ2v) is 14.0. The molecule has 2 heterocycles. The molecule has 0 fully saturated rings. The van der Waals surface area contributed by atoms with E-state index < -0.39 is 5.60 Å². The van der Waals surface area contributed by atoms with Crippen molar-refractivity contribution in [2.75, 3.05) is 0 Å². The van der Waals surface area contributed by atoms with Crippen LogP contribution in [0.15, 0.2) is 170 Å². The van der Waals surface area contributed by atoms with Gasteiger partial charge in [-0.2, -0.15) is 5.26 Å². The molecular formula is C49H34N4O. The van der Waals surface area contributed by atoms with Crippen molar-refractivity contribution < 1.29 is 4.74 Å². The maximum Gasteiger partial charge on any atom is 0.164 e. The number of hydrogen-bond acceptors (Lipinski definition) is 5. The lowest BCUT2D eigenvalue weighted by Gasteiger charge is -2.35. The van der Waals surface area contributed by atoms with E-state index in [1.165, 1.54) is 22.3 Å². The molecule has 8 aromatic rings. The van der Waals surface area contributed by atoms with E-state index in [2.05, 4.69) is 117 Å². The van der Waals surface area contributed by atoms with E-state index in [-0.39, 0.29) is 0 Å². The topological polar surface area (TPSA) is 71.7 Å². The Hall–Kier alpha value is -7.16. The van der Waals surface area contributed by atoms with Crippen molar-refractivity contribution in [3.8, 4) is 90.5 Å². The fourth-order valence-corrected chi connectivity index (χ4v) is 7.20. The lowest BCUT2D eigenvalue weighted by atomic mass is 9.83. The zero-order chi connectivity index (χ0) is 36.6. The average Bonchev–Trinajstić information content (AvgIpc) is 3.24. The maximum atomic E-state index is 9.33. The Morgan fingerprint density at radius 2 is 0.889 bits per heavy atom. The second-order valence-electron chi connectivity index (χ2n) is 14.0. The van der Waals surface area contributed by atoms with E-state index in [0.717, 1.165) is 50.3 Å². The smallest absolute Gasteiger partial charge is 0.164 e. The molecule has 0 saturated carbocycles. The lowest BCUT2D eigenvalue weighted by molar-refractivity contribution is 0.106. The van der Waals surface area contributed by atoms with Gasteiger partial charge in [0.05, 0.1) is 11.6 Å². The number of fused-ring (bicyclic) bond motifs is 3. The van der Waals surface area contributed by atoms with Gasteiger partial charge in [0.1, 0.15) is 11.4 Å².